The van der Waals surface area contributed by atoms with Gasteiger partial charge in [-0.2, -0.15) is 0 Å². The molecule has 0 fully saturated rings. The van der Waals surface area contributed by atoms with Crippen LogP contribution in [-0.2, 0) is 0 Å². The van der Waals surface area contributed by atoms with Gasteiger partial charge in [0.15, 0.2) is 0 Å². The van der Waals surface area contributed by atoms with Crippen molar-refractivity contribution in [3.8, 4) is 0 Å². The van der Waals surface area contributed by atoms with Gasteiger partial charge in [-0.15, -0.1) is 12.4 Å². The Morgan fingerprint density at radius 2 is 2.00 bits per heavy atom. The molecule has 0 bridgehead atoms. The van der Waals surface area contributed by atoms with Gasteiger partial charge in [-0.3, -0.25) is 4.98 Å². The van der Waals surface area contributed by atoms with Crippen molar-refractivity contribution in [3.63, 3.8) is 0 Å². The number of aromatic nitrogens is 1. The van der Waals surface area contributed by atoms with E-state index in [2.05, 4.69) is 23.3 Å². The highest BCUT2D eigenvalue weighted by Crippen LogP contribution is 2.20. The van der Waals surface area contributed by atoms with E-state index in [1.807, 2.05) is 30.5 Å². The van der Waals surface area contributed by atoms with Gasteiger partial charge in [0.05, 0.1) is 5.52 Å². The SMILES string of the molecule is CCCNc1ccnc2ccccc12.Cl. The summed E-state index contributed by atoms with van der Waals surface area (Å²) in [6.45, 7) is 3.17. The van der Waals surface area contributed by atoms with Gasteiger partial charge in [-0.05, 0) is 18.6 Å². The number of pyridine rings is 1. The fourth-order valence-corrected chi connectivity index (χ4v) is 1.51. The highest BCUT2D eigenvalue weighted by atomic mass is 35.5. The van der Waals surface area contributed by atoms with Crippen LogP contribution in [0.25, 0.3) is 10.9 Å². The zero-order chi connectivity index (χ0) is 9.80. The molecule has 3 heteroatoms. The summed E-state index contributed by atoms with van der Waals surface area (Å²) < 4.78 is 0. The molecule has 0 unspecified atom stereocenters. The average Bonchev–Trinajstić information content (AvgIpc) is 2.26. The van der Waals surface area contributed by atoms with Crippen molar-refractivity contribution in [2.24, 2.45) is 0 Å². The van der Waals surface area contributed by atoms with E-state index < -0.39 is 0 Å². The molecule has 80 valence electrons. The highest BCUT2D eigenvalue weighted by Gasteiger charge is 1.98. The van der Waals surface area contributed by atoms with Crippen molar-refractivity contribution >= 4 is 29.0 Å². The van der Waals surface area contributed by atoms with E-state index in [1.54, 1.807) is 0 Å². The van der Waals surface area contributed by atoms with Crippen molar-refractivity contribution in [1.29, 1.82) is 0 Å². The third-order valence-corrected chi connectivity index (χ3v) is 2.21. The van der Waals surface area contributed by atoms with E-state index in [-0.39, 0.29) is 12.4 Å². The van der Waals surface area contributed by atoms with Crippen LogP contribution in [0.15, 0.2) is 36.5 Å². The normalized spacial score (nSPS) is 9.67. The molecule has 0 atom stereocenters. The third-order valence-electron chi connectivity index (χ3n) is 2.21. The second-order valence-electron chi connectivity index (χ2n) is 3.30. The van der Waals surface area contributed by atoms with Crippen LogP contribution in [0.5, 0.6) is 0 Å². The van der Waals surface area contributed by atoms with Crippen LogP contribution in [0.2, 0.25) is 0 Å². The molecule has 1 aromatic carbocycles. The van der Waals surface area contributed by atoms with E-state index in [9.17, 15) is 0 Å². The molecule has 2 aromatic rings. The molecule has 1 N–H and O–H groups in total. The van der Waals surface area contributed by atoms with E-state index >= 15 is 0 Å². The van der Waals surface area contributed by atoms with Crippen LogP contribution in [0.4, 0.5) is 5.69 Å². The van der Waals surface area contributed by atoms with E-state index in [1.165, 1.54) is 11.1 Å². The summed E-state index contributed by atoms with van der Waals surface area (Å²) in [5, 5.41) is 4.59. The van der Waals surface area contributed by atoms with Gasteiger partial charge < -0.3 is 5.32 Å². The first-order chi connectivity index (χ1) is 6.92. The number of benzene rings is 1. The Bertz CT molecular complexity index is 423. The second kappa shape index (κ2) is 5.56. The lowest BCUT2D eigenvalue weighted by molar-refractivity contribution is 0.981. The number of nitrogens with zero attached hydrogens (tertiary/aromatic N) is 1. The fraction of sp³-hybridized carbons (Fsp3) is 0.250. The lowest BCUT2D eigenvalue weighted by atomic mass is 10.2. The summed E-state index contributed by atoms with van der Waals surface area (Å²) in [6.07, 6.45) is 2.98. The standard InChI is InChI=1S/C12H14N2.ClH/c1-2-8-13-12-7-9-14-11-6-4-3-5-10(11)12;/h3-7,9H,2,8H2,1H3,(H,13,14);1H. The van der Waals surface area contributed by atoms with Crippen molar-refractivity contribution in [3.05, 3.63) is 36.5 Å². The first-order valence-electron chi connectivity index (χ1n) is 4.99. The topological polar surface area (TPSA) is 24.9 Å². The minimum Gasteiger partial charge on any atom is -0.384 e. The maximum atomic E-state index is 4.31. The Kier molecular flexibility index (Phi) is 4.37. The quantitative estimate of drug-likeness (QED) is 0.860. The molecular weight excluding hydrogens is 208 g/mol. The first kappa shape index (κ1) is 11.8. The smallest absolute Gasteiger partial charge is 0.0722 e. The summed E-state index contributed by atoms with van der Waals surface area (Å²) in [5.41, 5.74) is 2.23. The molecule has 0 aliphatic heterocycles. The van der Waals surface area contributed by atoms with Crippen molar-refractivity contribution in [1.82, 2.24) is 4.98 Å². The number of halogens is 1. The van der Waals surface area contributed by atoms with Crippen LogP contribution >= 0.6 is 12.4 Å². The van der Waals surface area contributed by atoms with E-state index in [4.69, 9.17) is 0 Å². The number of anilines is 1. The molecule has 0 aliphatic rings. The summed E-state index contributed by atoms with van der Waals surface area (Å²) in [4.78, 5) is 4.31. The van der Waals surface area contributed by atoms with Crippen LogP contribution in [0.3, 0.4) is 0 Å². The maximum Gasteiger partial charge on any atom is 0.0722 e. The van der Waals surface area contributed by atoms with Gasteiger partial charge in [0.1, 0.15) is 0 Å². The second-order valence-corrected chi connectivity index (χ2v) is 3.30. The molecule has 0 amide bonds. The summed E-state index contributed by atoms with van der Waals surface area (Å²) >= 11 is 0. The first-order valence-corrected chi connectivity index (χ1v) is 4.99. The predicted octanol–water partition coefficient (Wildman–Crippen LogP) is 3.48. The Hall–Kier alpha value is -1.28. The molecule has 0 aliphatic carbocycles. The molecule has 2 nitrogen and oxygen atoms in total. The molecule has 15 heavy (non-hydrogen) atoms. The number of para-hydroxylation sites is 1. The van der Waals surface area contributed by atoms with Gasteiger partial charge in [0.25, 0.3) is 0 Å². The number of hydrogen-bond acceptors (Lipinski definition) is 2. The van der Waals surface area contributed by atoms with Crippen molar-refractivity contribution in [2.75, 3.05) is 11.9 Å². The Balaban J connectivity index is 0.00000112. The monoisotopic (exact) mass is 222 g/mol. The third kappa shape index (κ3) is 2.60. The van der Waals surface area contributed by atoms with Gasteiger partial charge in [0, 0.05) is 23.8 Å². The Morgan fingerprint density at radius 3 is 2.80 bits per heavy atom. The lowest BCUT2D eigenvalue weighted by Gasteiger charge is -2.07. The zero-order valence-corrected chi connectivity index (χ0v) is 9.55. The minimum absolute atomic E-state index is 0. The van der Waals surface area contributed by atoms with Crippen LogP contribution in [0, 0.1) is 0 Å². The lowest BCUT2D eigenvalue weighted by Crippen LogP contribution is -2.00. The number of fused-ring (bicyclic) bond motifs is 1. The molecule has 1 heterocycles. The molecule has 0 saturated carbocycles. The Labute approximate surface area is 96.1 Å². The number of nitrogens with one attached hydrogen (secondary N) is 1. The zero-order valence-electron chi connectivity index (χ0n) is 8.73. The number of rotatable bonds is 3. The van der Waals surface area contributed by atoms with Gasteiger partial charge in [-0.25, -0.2) is 0 Å². The van der Waals surface area contributed by atoms with Gasteiger partial charge >= 0.3 is 0 Å². The average molecular weight is 223 g/mol. The summed E-state index contributed by atoms with van der Waals surface area (Å²) in [5.74, 6) is 0. The van der Waals surface area contributed by atoms with Gasteiger partial charge in [0.2, 0.25) is 0 Å². The van der Waals surface area contributed by atoms with E-state index in [0.717, 1.165) is 18.5 Å². The van der Waals surface area contributed by atoms with Crippen LogP contribution in [0.1, 0.15) is 13.3 Å². The van der Waals surface area contributed by atoms with Crippen LogP contribution in [-0.4, -0.2) is 11.5 Å². The molecular formula is C12H15ClN2. The largest absolute Gasteiger partial charge is 0.384 e. The fourth-order valence-electron chi connectivity index (χ4n) is 1.51. The molecule has 0 spiro atoms. The Morgan fingerprint density at radius 1 is 1.20 bits per heavy atom. The van der Waals surface area contributed by atoms with E-state index in [0.29, 0.717) is 0 Å². The minimum atomic E-state index is 0. The number of hydrogen-bond donors (Lipinski definition) is 1. The predicted molar refractivity (Wildman–Crippen MR) is 67.8 cm³/mol. The van der Waals surface area contributed by atoms with Crippen molar-refractivity contribution < 1.29 is 0 Å². The summed E-state index contributed by atoms with van der Waals surface area (Å²) in [7, 11) is 0. The maximum absolute atomic E-state index is 4.31. The molecule has 1 aromatic heterocycles. The molecule has 0 saturated heterocycles. The summed E-state index contributed by atoms with van der Waals surface area (Å²) in [6, 6.07) is 10.2. The molecule has 2 rings (SSSR count). The van der Waals surface area contributed by atoms with Gasteiger partial charge in [-0.1, -0.05) is 25.1 Å². The highest BCUT2D eigenvalue weighted by molar-refractivity contribution is 5.90. The van der Waals surface area contributed by atoms with Crippen molar-refractivity contribution in [2.45, 2.75) is 13.3 Å². The molecule has 0 radical (unpaired) electrons. The van der Waals surface area contributed by atoms with Crippen LogP contribution < -0.4 is 5.32 Å².